The number of likely N-dealkylation sites (tertiary alicyclic amines) is 1. The summed E-state index contributed by atoms with van der Waals surface area (Å²) in [4.78, 5) is 28.3. The van der Waals surface area contributed by atoms with Crippen LogP contribution in [0.4, 0.5) is 14.9 Å². The second-order valence-corrected chi connectivity index (χ2v) is 5.77. The zero-order valence-electron chi connectivity index (χ0n) is 13.8. The summed E-state index contributed by atoms with van der Waals surface area (Å²) in [5, 5.41) is 9.04. The topological polar surface area (TPSA) is 103 Å². The Balaban J connectivity index is 1.80. The van der Waals surface area contributed by atoms with E-state index in [0.717, 1.165) is 12.8 Å². The van der Waals surface area contributed by atoms with Crippen molar-refractivity contribution in [3.05, 3.63) is 40.3 Å². The van der Waals surface area contributed by atoms with E-state index in [4.69, 9.17) is 4.74 Å². The zero-order valence-corrected chi connectivity index (χ0v) is 13.8. The van der Waals surface area contributed by atoms with Gasteiger partial charge in [0, 0.05) is 12.6 Å². The minimum Gasteiger partial charge on any atom is -0.492 e. The molecular weight excluding hydrogens is 329 g/mol. The third-order valence-electron chi connectivity index (χ3n) is 4.08. The number of ether oxygens (including phenoxy) is 1. The lowest BCUT2D eigenvalue weighted by Gasteiger charge is -2.34. The molecule has 1 saturated heterocycles. The molecule has 3 N–H and O–H groups in total. The van der Waals surface area contributed by atoms with Crippen molar-refractivity contribution in [3.8, 4) is 5.75 Å². The number of nitrogens with one attached hydrogen (secondary N) is 3. The molecule has 2 amide bonds. The summed E-state index contributed by atoms with van der Waals surface area (Å²) in [6.07, 6.45) is 2.50. The van der Waals surface area contributed by atoms with E-state index in [2.05, 4.69) is 20.5 Å². The number of piperidine rings is 1. The van der Waals surface area contributed by atoms with E-state index in [1.165, 1.54) is 18.2 Å². The molecule has 1 fully saturated rings. The molecule has 0 radical (unpaired) electrons. The van der Waals surface area contributed by atoms with Gasteiger partial charge in [-0.25, -0.2) is 19.1 Å². The average molecular weight is 349 g/mol. The van der Waals surface area contributed by atoms with Gasteiger partial charge in [-0.05, 0) is 38.3 Å². The molecule has 3 rings (SSSR count). The van der Waals surface area contributed by atoms with Crippen LogP contribution in [0.1, 0.15) is 38.1 Å². The van der Waals surface area contributed by atoms with Gasteiger partial charge in [0.2, 0.25) is 0 Å². The number of carbonyl (C=O) groups excluding carboxylic acids is 1. The molecule has 0 spiro atoms. The Morgan fingerprint density at radius 1 is 1.48 bits per heavy atom. The van der Waals surface area contributed by atoms with Gasteiger partial charge < -0.3 is 15.0 Å². The van der Waals surface area contributed by atoms with Gasteiger partial charge in [-0.2, -0.15) is 5.10 Å². The first kappa shape index (κ1) is 17.0. The van der Waals surface area contributed by atoms with Crippen LogP contribution in [0.5, 0.6) is 5.75 Å². The average Bonchev–Trinajstić information content (AvgIpc) is 3.04. The number of carbonyl (C=O) groups is 1. The normalized spacial score (nSPS) is 17.4. The molecule has 0 saturated carbocycles. The van der Waals surface area contributed by atoms with E-state index >= 15 is 0 Å². The van der Waals surface area contributed by atoms with Gasteiger partial charge in [0.1, 0.15) is 11.6 Å². The number of hydrogen-bond acceptors (Lipinski definition) is 4. The van der Waals surface area contributed by atoms with Crippen LogP contribution in [0.3, 0.4) is 0 Å². The first-order valence-corrected chi connectivity index (χ1v) is 8.23. The van der Waals surface area contributed by atoms with Gasteiger partial charge in [-0.1, -0.05) is 0 Å². The minimum absolute atomic E-state index is 0.276. The van der Waals surface area contributed by atoms with Crippen LogP contribution in [0.25, 0.3) is 0 Å². The fourth-order valence-corrected chi connectivity index (χ4v) is 2.96. The molecule has 2 heterocycles. The summed E-state index contributed by atoms with van der Waals surface area (Å²) in [5.41, 5.74) is -0.00815. The lowest BCUT2D eigenvalue weighted by atomic mass is 10.0. The molecule has 1 unspecified atom stereocenters. The summed E-state index contributed by atoms with van der Waals surface area (Å²) >= 11 is 0. The van der Waals surface area contributed by atoms with E-state index in [1.54, 1.807) is 11.8 Å². The Bertz CT molecular complexity index is 803. The van der Waals surface area contributed by atoms with E-state index < -0.39 is 11.5 Å². The number of hydrogen-bond donors (Lipinski definition) is 3. The van der Waals surface area contributed by atoms with Gasteiger partial charge in [0.05, 0.1) is 18.3 Å². The highest BCUT2D eigenvalue weighted by Gasteiger charge is 2.30. The van der Waals surface area contributed by atoms with Crippen molar-refractivity contribution in [3.63, 3.8) is 0 Å². The smallest absolute Gasteiger partial charge is 0.340 e. The summed E-state index contributed by atoms with van der Waals surface area (Å²) in [7, 11) is 0. The highest BCUT2D eigenvalue weighted by Crippen LogP contribution is 2.31. The fraction of sp³-hybridized carbons (Fsp3) is 0.438. The van der Waals surface area contributed by atoms with Crippen LogP contribution in [-0.4, -0.2) is 39.3 Å². The lowest BCUT2D eigenvalue weighted by Crippen LogP contribution is -2.41. The van der Waals surface area contributed by atoms with Gasteiger partial charge in [0.25, 0.3) is 0 Å². The molecule has 1 aromatic heterocycles. The maximum Gasteiger partial charge on any atom is 0.340 e. The van der Waals surface area contributed by atoms with Crippen LogP contribution < -0.4 is 15.7 Å². The molecule has 9 heteroatoms. The second-order valence-electron chi connectivity index (χ2n) is 5.77. The van der Waals surface area contributed by atoms with Gasteiger partial charge >= 0.3 is 11.7 Å². The summed E-state index contributed by atoms with van der Waals surface area (Å²) in [5.74, 6) is 0.271. The number of aromatic amines is 2. The Morgan fingerprint density at radius 2 is 2.32 bits per heavy atom. The monoisotopic (exact) mass is 349 g/mol. The zero-order chi connectivity index (χ0) is 17.8. The third-order valence-corrected chi connectivity index (χ3v) is 4.08. The molecule has 1 aliphatic heterocycles. The number of benzene rings is 1. The van der Waals surface area contributed by atoms with Crippen LogP contribution in [0.2, 0.25) is 0 Å². The van der Waals surface area contributed by atoms with Gasteiger partial charge in [-0.3, -0.25) is 4.98 Å². The summed E-state index contributed by atoms with van der Waals surface area (Å²) in [6, 6.07) is 3.30. The first-order valence-electron chi connectivity index (χ1n) is 8.23. The molecule has 1 aromatic carbocycles. The summed E-state index contributed by atoms with van der Waals surface area (Å²) in [6.45, 7) is 2.68. The van der Waals surface area contributed by atoms with E-state index in [9.17, 15) is 14.0 Å². The number of rotatable bonds is 4. The fourth-order valence-electron chi connectivity index (χ4n) is 2.96. The lowest BCUT2D eigenvalue weighted by molar-refractivity contribution is 0.159. The van der Waals surface area contributed by atoms with Crippen LogP contribution >= 0.6 is 0 Å². The van der Waals surface area contributed by atoms with Crippen molar-refractivity contribution in [2.45, 2.75) is 32.2 Å². The first-order chi connectivity index (χ1) is 12.1. The molecule has 1 aliphatic rings. The number of urea groups is 1. The molecule has 134 valence electrons. The maximum absolute atomic E-state index is 13.4. The number of anilines is 1. The SMILES string of the molecule is CCOc1cc(F)ccc1NC(=O)N1CCCCC1c1n[nH]c(=O)[nH]1. The van der Waals surface area contributed by atoms with Crippen molar-refractivity contribution in [2.24, 2.45) is 0 Å². The largest absolute Gasteiger partial charge is 0.492 e. The number of nitrogens with zero attached hydrogens (tertiary/aromatic N) is 2. The van der Waals surface area contributed by atoms with Crippen LogP contribution in [0.15, 0.2) is 23.0 Å². The Morgan fingerprint density at radius 3 is 3.04 bits per heavy atom. The van der Waals surface area contributed by atoms with Crippen molar-refractivity contribution in [1.29, 1.82) is 0 Å². The van der Waals surface area contributed by atoms with E-state index in [-0.39, 0.29) is 17.8 Å². The van der Waals surface area contributed by atoms with Crippen molar-refractivity contribution >= 4 is 11.7 Å². The predicted molar refractivity (Wildman–Crippen MR) is 89.1 cm³/mol. The Labute approximate surface area is 143 Å². The van der Waals surface area contributed by atoms with Gasteiger partial charge in [0.15, 0.2) is 5.82 Å². The standard InChI is InChI=1S/C16H20FN5O3/c1-2-25-13-9-10(17)6-7-11(13)18-16(24)22-8-4-3-5-12(22)14-19-15(23)21-20-14/h6-7,9,12H,2-5,8H2,1H3,(H,18,24)(H2,19,20,21,23). The quantitative estimate of drug-likeness (QED) is 0.788. The molecule has 0 aliphatic carbocycles. The Kier molecular flexibility index (Phi) is 5.01. The number of aromatic nitrogens is 3. The molecule has 25 heavy (non-hydrogen) atoms. The van der Waals surface area contributed by atoms with Gasteiger partial charge in [-0.15, -0.1) is 0 Å². The number of amides is 2. The van der Waals surface area contributed by atoms with Crippen LogP contribution in [-0.2, 0) is 0 Å². The maximum atomic E-state index is 13.4. The molecule has 0 bridgehead atoms. The van der Waals surface area contributed by atoms with Crippen LogP contribution in [0, 0.1) is 5.82 Å². The second kappa shape index (κ2) is 7.37. The van der Waals surface area contributed by atoms with Crippen molar-refractivity contribution in [2.75, 3.05) is 18.5 Å². The molecule has 2 aromatic rings. The molecule has 8 nitrogen and oxygen atoms in total. The van der Waals surface area contributed by atoms with E-state index in [0.29, 0.717) is 31.1 Å². The number of H-pyrrole nitrogens is 2. The van der Waals surface area contributed by atoms with E-state index in [1.807, 2.05) is 0 Å². The molecule has 1 atom stereocenters. The van der Waals surface area contributed by atoms with Crippen molar-refractivity contribution in [1.82, 2.24) is 20.1 Å². The summed E-state index contributed by atoms with van der Waals surface area (Å²) < 4.78 is 18.8. The highest BCUT2D eigenvalue weighted by atomic mass is 19.1. The molecular formula is C16H20FN5O3. The highest BCUT2D eigenvalue weighted by molar-refractivity contribution is 5.91. The third kappa shape index (κ3) is 3.81. The predicted octanol–water partition coefficient (Wildman–Crippen LogP) is 2.39. The Hall–Kier alpha value is -2.84. The minimum atomic E-state index is -0.439. The number of halogens is 1. The van der Waals surface area contributed by atoms with Crippen molar-refractivity contribution < 1.29 is 13.9 Å².